The SMILES string of the molecule is O=C(NNC(=O)c1cc(Cl)ccc1O)c1cc(Cl)nc(Cl)c1. The third kappa shape index (κ3) is 4.00. The summed E-state index contributed by atoms with van der Waals surface area (Å²) in [7, 11) is 0. The summed E-state index contributed by atoms with van der Waals surface area (Å²) in [6, 6.07) is 6.52. The van der Waals surface area contributed by atoms with E-state index in [1.54, 1.807) is 0 Å². The first-order valence-corrected chi connectivity index (χ1v) is 6.92. The molecule has 114 valence electrons. The summed E-state index contributed by atoms with van der Waals surface area (Å²) >= 11 is 17.1. The Hall–Kier alpha value is -2.02. The zero-order valence-electron chi connectivity index (χ0n) is 10.7. The molecule has 0 unspecified atom stereocenters. The summed E-state index contributed by atoms with van der Waals surface area (Å²) in [6.45, 7) is 0. The van der Waals surface area contributed by atoms with Gasteiger partial charge in [0.25, 0.3) is 11.8 Å². The monoisotopic (exact) mass is 359 g/mol. The van der Waals surface area contributed by atoms with Crippen LogP contribution in [0.2, 0.25) is 15.3 Å². The molecule has 9 heteroatoms. The normalized spacial score (nSPS) is 10.1. The van der Waals surface area contributed by atoms with Crippen LogP contribution < -0.4 is 10.9 Å². The molecule has 0 fully saturated rings. The van der Waals surface area contributed by atoms with Crippen LogP contribution in [0.4, 0.5) is 0 Å². The second-order valence-electron chi connectivity index (χ2n) is 4.07. The Morgan fingerprint density at radius 3 is 2.18 bits per heavy atom. The van der Waals surface area contributed by atoms with Crippen molar-refractivity contribution in [2.75, 3.05) is 0 Å². The van der Waals surface area contributed by atoms with Gasteiger partial charge < -0.3 is 5.11 Å². The van der Waals surface area contributed by atoms with Crippen molar-refractivity contribution in [3.63, 3.8) is 0 Å². The number of phenolic OH excluding ortho intramolecular Hbond substituents is 1. The molecule has 0 aliphatic carbocycles. The van der Waals surface area contributed by atoms with E-state index in [-0.39, 0.29) is 32.2 Å². The third-order valence-electron chi connectivity index (χ3n) is 2.52. The first kappa shape index (κ1) is 16.4. The predicted molar refractivity (Wildman–Crippen MR) is 82.3 cm³/mol. The van der Waals surface area contributed by atoms with Crippen LogP contribution in [0.15, 0.2) is 30.3 Å². The zero-order chi connectivity index (χ0) is 16.3. The Kier molecular flexibility index (Phi) is 5.07. The molecule has 0 bridgehead atoms. The first-order valence-electron chi connectivity index (χ1n) is 5.79. The van der Waals surface area contributed by atoms with Gasteiger partial charge in [0.2, 0.25) is 0 Å². The first-order chi connectivity index (χ1) is 10.4. The van der Waals surface area contributed by atoms with Gasteiger partial charge in [0, 0.05) is 10.6 Å². The van der Waals surface area contributed by atoms with Crippen LogP contribution in [-0.4, -0.2) is 21.9 Å². The number of nitrogens with one attached hydrogen (secondary N) is 2. The van der Waals surface area contributed by atoms with Crippen LogP contribution in [0, 0.1) is 0 Å². The van der Waals surface area contributed by atoms with E-state index in [2.05, 4.69) is 15.8 Å². The summed E-state index contributed by atoms with van der Waals surface area (Å²) in [5.41, 5.74) is 4.33. The number of hydrogen-bond donors (Lipinski definition) is 3. The molecule has 0 saturated carbocycles. The predicted octanol–water partition coefficient (Wildman–Crippen LogP) is 2.82. The Labute approximate surface area is 140 Å². The molecule has 0 aliphatic heterocycles. The van der Waals surface area contributed by atoms with E-state index in [4.69, 9.17) is 34.8 Å². The fraction of sp³-hybridized carbons (Fsp3) is 0. The van der Waals surface area contributed by atoms with Crippen molar-refractivity contribution in [2.24, 2.45) is 0 Å². The molecule has 0 atom stereocenters. The van der Waals surface area contributed by atoms with E-state index in [9.17, 15) is 14.7 Å². The Bertz CT molecular complexity index is 732. The molecule has 22 heavy (non-hydrogen) atoms. The van der Waals surface area contributed by atoms with Gasteiger partial charge in [-0.3, -0.25) is 20.4 Å². The van der Waals surface area contributed by atoms with Crippen molar-refractivity contribution in [1.82, 2.24) is 15.8 Å². The summed E-state index contributed by atoms with van der Waals surface area (Å²) in [5, 5.41) is 9.93. The molecule has 1 heterocycles. The van der Waals surface area contributed by atoms with Gasteiger partial charge in [0.05, 0.1) is 5.56 Å². The number of phenols is 1. The van der Waals surface area contributed by atoms with Gasteiger partial charge in [0.1, 0.15) is 16.1 Å². The number of hydrazine groups is 1. The zero-order valence-corrected chi connectivity index (χ0v) is 13.0. The molecule has 1 aromatic carbocycles. The number of carbonyl (C=O) groups excluding carboxylic acids is 2. The molecule has 0 spiro atoms. The number of aromatic hydroxyl groups is 1. The maximum absolute atomic E-state index is 11.9. The average molecular weight is 361 g/mol. The van der Waals surface area contributed by atoms with Gasteiger partial charge in [-0.15, -0.1) is 0 Å². The smallest absolute Gasteiger partial charge is 0.273 e. The van der Waals surface area contributed by atoms with Crippen molar-refractivity contribution >= 4 is 46.6 Å². The highest BCUT2D eigenvalue weighted by Crippen LogP contribution is 2.21. The number of halogens is 3. The number of hydrogen-bond acceptors (Lipinski definition) is 4. The molecular formula is C13H8Cl3N3O3. The number of nitrogens with zero attached hydrogens (tertiary/aromatic N) is 1. The lowest BCUT2D eigenvalue weighted by molar-refractivity contribution is 0.0845. The van der Waals surface area contributed by atoms with Crippen molar-refractivity contribution in [2.45, 2.75) is 0 Å². The van der Waals surface area contributed by atoms with Gasteiger partial charge in [0.15, 0.2) is 0 Å². The molecule has 0 aliphatic rings. The topological polar surface area (TPSA) is 91.3 Å². The standard InChI is InChI=1S/C13H8Cl3N3O3/c14-7-1-2-9(20)8(5-7)13(22)19-18-12(21)6-3-10(15)17-11(16)4-6/h1-5,20H,(H,18,21)(H,19,22). The van der Waals surface area contributed by atoms with Gasteiger partial charge in [-0.2, -0.15) is 0 Å². The minimum absolute atomic E-state index is 0.0384. The summed E-state index contributed by atoms with van der Waals surface area (Å²) in [5.74, 6) is -1.66. The lowest BCUT2D eigenvalue weighted by Crippen LogP contribution is -2.41. The number of amides is 2. The van der Waals surface area contributed by atoms with Crippen LogP contribution >= 0.6 is 34.8 Å². The Morgan fingerprint density at radius 1 is 0.955 bits per heavy atom. The number of benzene rings is 1. The highest BCUT2D eigenvalue weighted by atomic mass is 35.5. The van der Waals surface area contributed by atoms with Crippen molar-refractivity contribution in [3.8, 4) is 5.75 Å². The van der Waals surface area contributed by atoms with Crippen LogP contribution in [0.3, 0.4) is 0 Å². The molecule has 2 aromatic rings. The average Bonchev–Trinajstić information content (AvgIpc) is 2.45. The van der Waals surface area contributed by atoms with Crippen molar-refractivity contribution < 1.29 is 14.7 Å². The Morgan fingerprint density at radius 2 is 1.55 bits per heavy atom. The maximum Gasteiger partial charge on any atom is 0.273 e. The second-order valence-corrected chi connectivity index (χ2v) is 5.28. The highest BCUT2D eigenvalue weighted by molar-refractivity contribution is 6.33. The van der Waals surface area contributed by atoms with E-state index < -0.39 is 11.8 Å². The number of aromatic nitrogens is 1. The number of rotatable bonds is 2. The van der Waals surface area contributed by atoms with E-state index in [1.165, 1.54) is 30.3 Å². The highest BCUT2D eigenvalue weighted by Gasteiger charge is 2.14. The minimum Gasteiger partial charge on any atom is -0.507 e. The second kappa shape index (κ2) is 6.83. The van der Waals surface area contributed by atoms with E-state index in [0.717, 1.165) is 0 Å². The van der Waals surface area contributed by atoms with Crippen molar-refractivity contribution in [3.05, 3.63) is 56.8 Å². The molecule has 2 rings (SSSR count). The summed E-state index contributed by atoms with van der Waals surface area (Å²) in [4.78, 5) is 27.5. The fourth-order valence-electron chi connectivity index (χ4n) is 1.54. The quantitative estimate of drug-likeness (QED) is 0.567. The molecule has 2 amide bonds. The van der Waals surface area contributed by atoms with Crippen LogP contribution in [0.1, 0.15) is 20.7 Å². The molecular weight excluding hydrogens is 353 g/mol. The van der Waals surface area contributed by atoms with Crippen LogP contribution in [-0.2, 0) is 0 Å². The van der Waals surface area contributed by atoms with Gasteiger partial charge >= 0.3 is 0 Å². The number of carbonyl (C=O) groups is 2. The summed E-state index contributed by atoms with van der Waals surface area (Å²) in [6.07, 6.45) is 0. The fourth-order valence-corrected chi connectivity index (χ4v) is 2.17. The lowest BCUT2D eigenvalue weighted by atomic mass is 10.2. The third-order valence-corrected chi connectivity index (χ3v) is 3.14. The van der Waals surface area contributed by atoms with E-state index >= 15 is 0 Å². The molecule has 3 N–H and O–H groups in total. The van der Waals surface area contributed by atoms with Crippen LogP contribution in [0.5, 0.6) is 5.75 Å². The maximum atomic E-state index is 11.9. The van der Waals surface area contributed by atoms with Gasteiger partial charge in [-0.05, 0) is 30.3 Å². The van der Waals surface area contributed by atoms with Gasteiger partial charge in [-0.1, -0.05) is 34.8 Å². The largest absolute Gasteiger partial charge is 0.507 e. The lowest BCUT2D eigenvalue weighted by Gasteiger charge is -2.09. The minimum atomic E-state index is -0.736. The summed E-state index contributed by atoms with van der Waals surface area (Å²) < 4.78 is 0. The van der Waals surface area contributed by atoms with E-state index in [1.807, 2.05) is 0 Å². The van der Waals surface area contributed by atoms with E-state index in [0.29, 0.717) is 0 Å². The molecule has 0 saturated heterocycles. The molecule has 1 aromatic heterocycles. The van der Waals surface area contributed by atoms with Crippen molar-refractivity contribution in [1.29, 1.82) is 0 Å². The van der Waals surface area contributed by atoms with Gasteiger partial charge in [-0.25, -0.2) is 4.98 Å². The Balaban J connectivity index is 2.07. The molecule has 6 nitrogen and oxygen atoms in total. The molecule has 0 radical (unpaired) electrons. The van der Waals surface area contributed by atoms with Crippen LogP contribution in [0.25, 0.3) is 0 Å². The number of pyridine rings is 1.